The van der Waals surface area contributed by atoms with Gasteiger partial charge in [-0.3, -0.25) is 4.79 Å². The number of hydrogen-bond donors (Lipinski definition) is 0. The molecule has 0 atom stereocenters. The SMILES string of the molecule is CCOc1ccc(C(=O)N2CCN(S(=O)(=O)c3cc(OC)ccc3OC)CC2)cc1. The molecule has 1 saturated heterocycles. The predicted molar refractivity (Wildman–Crippen MR) is 112 cm³/mol. The van der Waals surface area contributed by atoms with Crippen molar-refractivity contribution in [3.05, 3.63) is 48.0 Å². The number of hydrogen-bond acceptors (Lipinski definition) is 6. The first-order valence-corrected chi connectivity index (χ1v) is 11.1. The fourth-order valence-electron chi connectivity index (χ4n) is 3.30. The molecule has 2 aromatic rings. The highest BCUT2D eigenvalue weighted by Crippen LogP contribution is 2.31. The number of carbonyl (C=O) groups is 1. The molecule has 9 heteroatoms. The smallest absolute Gasteiger partial charge is 0.253 e. The average Bonchev–Trinajstić information content (AvgIpc) is 2.79. The van der Waals surface area contributed by atoms with Crippen molar-refractivity contribution < 1.29 is 27.4 Å². The van der Waals surface area contributed by atoms with Crippen LogP contribution in [0.25, 0.3) is 0 Å². The van der Waals surface area contributed by atoms with Gasteiger partial charge in [0.1, 0.15) is 22.1 Å². The summed E-state index contributed by atoms with van der Waals surface area (Å²) in [5, 5.41) is 0. The van der Waals surface area contributed by atoms with Crippen LogP contribution in [0.4, 0.5) is 0 Å². The maximum atomic E-state index is 13.2. The van der Waals surface area contributed by atoms with Gasteiger partial charge in [-0.05, 0) is 43.3 Å². The Hall–Kier alpha value is -2.78. The standard InChI is InChI=1S/C21H26N2O6S/c1-4-29-17-7-5-16(6-8-17)21(24)22-11-13-23(14-12-22)30(25,26)20-15-18(27-2)9-10-19(20)28-3/h5-10,15H,4,11-14H2,1-3H3. The molecule has 8 nitrogen and oxygen atoms in total. The molecular weight excluding hydrogens is 408 g/mol. The highest BCUT2D eigenvalue weighted by Gasteiger charge is 2.32. The number of nitrogens with zero attached hydrogens (tertiary/aromatic N) is 2. The minimum Gasteiger partial charge on any atom is -0.497 e. The number of sulfonamides is 1. The van der Waals surface area contributed by atoms with Crippen LogP contribution in [0.1, 0.15) is 17.3 Å². The number of piperazine rings is 1. The van der Waals surface area contributed by atoms with Crippen LogP contribution in [0.15, 0.2) is 47.4 Å². The molecule has 1 fully saturated rings. The predicted octanol–water partition coefficient (Wildman–Crippen LogP) is 2.25. The number of benzene rings is 2. The van der Waals surface area contributed by atoms with Crippen LogP contribution in [0.5, 0.6) is 17.2 Å². The second-order valence-electron chi connectivity index (χ2n) is 6.67. The van der Waals surface area contributed by atoms with Crippen LogP contribution in [-0.2, 0) is 10.0 Å². The zero-order valence-electron chi connectivity index (χ0n) is 17.3. The second kappa shape index (κ2) is 9.36. The minimum absolute atomic E-state index is 0.0515. The summed E-state index contributed by atoms with van der Waals surface area (Å²) < 4.78 is 43.5. The molecule has 1 amide bonds. The molecule has 0 radical (unpaired) electrons. The van der Waals surface area contributed by atoms with Crippen molar-refractivity contribution in [2.75, 3.05) is 47.0 Å². The van der Waals surface area contributed by atoms with Crippen LogP contribution in [0.2, 0.25) is 0 Å². The normalized spacial score (nSPS) is 15.0. The Balaban J connectivity index is 1.71. The molecule has 1 heterocycles. The van der Waals surface area contributed by atoms with Gasteiger partial charge < -0.3 is 19.1 Å². The summed E-state index contributed by atoms with van der Waals surface area (Å²) in [6.45, 7) is 3.46. The average molecular weight is 435 g/mol. The summed E-state index contributed by atoms with van der Waals surface area (Å²) in [4.78, 5) is 14.5. The number of methoxy groups -OCH3 is 2. The van der Waals surface area contributed by atoms with E-state index in [2.05, 4.69) is 0 Å². The van der Waals surface area contributed by atoms with Crippen molar-refractivity contribution >= 4 is 15.9 Å². The lowest BCUT2D eigenvalue weighted by molar-refractivity contribution is 0.0697. The zero-order valence-corrected chi connectivity index (χ0v) is 18.1. The van der Waals surface area contributed by atoms with Gasteiger partial charge in [-0.15, -0.1) is 0 Å². The van der Waals surface area contributed by atoms with E-state index >= 15 is 0 Å². The fourth-order valence-corrected chi connectivity index (χ4v) is 4.89. The third-order valence-electron chi connectivity index (χ3n) is 4.93. The molecular formula is C21H26N2O6S. The molecule has 162 valence electrons. The van der Waals surface area contributed by atoms with Crippen molar-refractivity contribution in [2.45, 2.75) is 11.8 Å². The van der Waals surface area contributed by atoms with Crippen molar-refractivity contribution in [3.63, 3.8) is 0 Å². The number of ether oxygens (including phenoxy) is 3. The highest BCUT2D eigenvalue weighted by atomic mass is 32.2. The molecule has 0 aliphatic carbocycles. The van der Waals surface area contributed by atoms with Gasteiger partial charge in [0.15, 0.2) is 0 Å². The second-order valence-corrected chi connectivity index (χ2v) is 8.58. The zero-order chi connectivity index (χ0) is 21.7. The Bertz CT molecular complexity index is 983. The van der Waals surface area contributed by atoms with E-state index < -0.39 is 10.0 Å². The van der Waals surface area contributed by atoms with Crippen LogP contribution in [-0.4, -0.2) is 70.5 Å². The monoisotopic (exact) mass is 434 g/mol. The largest absolute Gasteiger partial charge is 0.497 e. The van der Waals surface area contributed by atoms with Crippen LogP contribution >= 0.6 is 0 Å². The summed E-state index contributed by atoms with van der Waals surface area (Å²) in [5.41, 5.74) is 0.546. The quantitative estimate of drug-likeness (QED) is 0.665. The van der Waals surface area contributed by atoms with Gasteiger partial charge in [-0.25, -0.2) is 8.42 Å². The van der Waals surface area contributed by atoms with Gasteiger partial charge in [0.05, 0.1) is 20.8 Å². The summed E-state index contributed by atoms with van der Waals surface area (Å²) in [7, 11) is -0.889. The topological polar surface area (TPSA) is 85.4 Å². The Morgan fingerprint density at radius 3 is 2.13 bits per heavy atom. The number of rotatable bonds is 7. The maximum absolute atomic E-state index is 13.2. The van der Waals surface area contributed by atoms with Gasteiger partial charge in [0, 0.05) is 37.8 Å². The van der Waals surface area contributed by atoms with E-state index in [1.807, 2.05) is 6.92 Å². The molecule has 0 unspecified atom stereocenters. The molecule has 2 aromatic carbocycles. The first-order chi connectivity index (χ1) is 14.4. The molecule has 0 N–H and O–H groups in total. The Morgan fingerprint density at radius 1 is 0.933 bits per heavy atom. The summed E-state index contributed by atoms with van der Waals surface area (Å²) in [6, 6.07) is 11.6. The van der Waals surface area contributed by atoms with Gasteiger partial charge in [0.25, 0.3) is 5.91 Å². The lowest BCUT2D eigenvalue weighted by atomic mass is 10.2. The van der Waals surface area contributed by atoms with Gasteiger partial charge in [-0.2, -0.15) is 4.31 Å². The molecule has 3 rings (SSSR count). The highest BCUT2D eigenvalue weighted by molar-refractivity contribution is 7.89. The first kappa shape index (κ1) is 21.9. The molecule has 1 aliphatic heterocycles. The maximum Gasteiger partial charge on any atom is 0.253 e. The summed E-state index contributed by atoms with van der Waals surface area (Å²) in [6.07, 6.45) is 0. The fraction of sp³-hybridized carbons (Fsp3) is 0.381. The van der Waals surface area contributed by atoms with E-state index in [-0.39, 0.29) is 29.6 Å². The van der Waals surface area contributed by atoms with Crippen LogP contribution < -0.4 is 14.2 Å². The molecule has 0 spiro atoms. The summed E-state index contributed by atoms with van der Waals surface area (Å²) >= 11 is 0. The Labute approximate surface area is 177 Å². The van der Waals surface area contributed by atoms with E-state index in [0.29, 0.717) is 36.8 Å². The lowest BCUT2D eigenvalue weighted by Gasteiger charge is -2.34. The third kappa shape index (κ3) is 4.52. The van der Waals surface area contributed by atoms with Gasteiger partial charge in [0.2, 0.25) is 10.0 Å². The van der Waals surface area contributed by atoms with E-state index in [1.165, 1.54) is 24.6 Å². The van der Waals surface area contributed by atoms with Gasteiger partial charge in [-0.1, -0.05) is 0 Å². The Morgan fingerprint density at radius 2 is 1.57 bits per heavy atom. The van der Waals surface area contributed by atoms with Gasteiger partial charge >= 0.3 is 0 Å². The molecule has 0 bridgehead atoms. The molecule has 0 saturated carbocycles. The summed E-state index contributed by atoms with van der Waals surface area (Å²) in [5.74, 6) is 1.26. The first-order valence-electron chi connectivity index (χ1n) is 9.65. The lowest BCUT2D eigenvalue weighted by Crippen LogP contribution is -2.50. The van der Waals surface area contributed by atoms with E-state index in [4.69, 9.17) is 14.2 Å². The minimum atomic E-state index is -3.79. The van der Waals surface area contributed by atoms with Crippen molar-refractivity contribution in [3.8, 4) is 17.2 Å². The van der Waals surface area contributed by atoms with Crippen molar-refractivity contribution in [1.29, 1.82) is 0 Å². The van der Waals surface area contributed by atoms with Crippen molar-refractivity contribution in [2.24, 2.45) is 0 Å². The molecule has 0 aromatic heterocycles. The van der Waals surface area contributed by atoms with Crippen LogP contribution in [0.3, 0.4) is 0 Å². The molecule has 30 heavy (non-hydrogen) atoms. The third-order valence-corrected chi connectivity index (χ3v) is 6.85. The molecule has 1 aliphatic rings. The van der Waals surface area contributed by atoms with E-state index in [9.17, 15) is 13.2 Å². The van der Waals surface area contributed by atoms with Crippen LogP contribution in [0, 0.1) is 0 Å². The van der Waals surface area contributed by atoms with E-state index in [1.54, 1.807) is 41.3 Å². The van der Waals surface area contributed by atoms with E-state index in [0.717, 1.165) is 0 Å². The number of carbonyl (C=O) groups excluding carboxylic acids is 1. The number of amides is 1. The Kier molecular flexibility index (Phi) is 6.84. The van der Waals surface area contributed by atoms with Crippen molar-refractivity contribution in [1.82, 2.24) is 9.21 Å².